The van der Waals surface area contributed by atoms with Gasteiger partial charge >= 0.3 is 11.9 Å². The third kappa shape index (κ3) is 5.61. The zero-order valence-electron chi connectivity index (χ0n) is 17.7. The van der Waals surface area contributed by atoms with Gasteiger partial charge in [-0.3, -0.25) is 4.79 Å². The van der Waals surface area contributed by atoms with Gasteiger partial charge in [0.1, 0.15) is 11.9 Å². The van der Waals surface area contributed by atoms with Crippen molar-refractivity contribution < 1.29 is 38.1 Å². The zero-order chi connectivity index (χ0) is 23.3. The van der Waals surface area contributed by atoms with Gasteiger partial charge in [0.15, 0.2) is 18.1 Å². The molecule has 32 heavy (non-hydrogen) atoms. The molecule has 1 aliphatic heterocycles. The Labute approximate surface area is 189 Å². The molecule has 170 valence electrons. The molecule has 0 bridgehead atoms. The average molecular weight is 464 g/mol. The van der Waals surface area contributed by atoms with Crippen molar-refractivity contribution in [3.8, 4) is 17.2 Å². The molecule has 9 nitrogen and oxygen atoms in total. The van der Waals surface area contributed by atoms with E-state index in [2.05, 4.69) is 5.32 Å². The quantitative estimate of drug-likeness (QED) is 0.594. The molecular weight excluding hydrogens is 442 g/mol. The first-order chi connectivity index (χ1) is 15.3. The number of carbonyl (C=O) groups is 3. The Balaban J connectivity index is 1.62. The van der Waals surface area contributed by atoms with Crippen LogP contribution in [0.15, 0.2) is 36.4 Å². The second-order valence-electron chi connectivity index (χ2n) is 6.92. The summed E-state index contributed by atoms with van der Waals surface area (Å²) in [5.74, 6) is -0.813. The molecule has 1 fully saturated rings. The molecule has 1 N–H and O–H groups in total. The van der Waals surface area contributed by atoms with E-state index in [1.54, 1.807) is 25.1 Å². The molecule has 1 aliphatic rings. The molecule has 2 atom stereocenters. The lowest BCUT2D eigenvalue weighted by Crippen LogP contribution is -2.23. The fourth-order valence-electron chi connectivity index (χ4n) is 3.03. The van der Waals surface area contributed by atoms with Crippen LogP contribution >= 0.6 is 11.6 Å². The first-order valence-corrected chi connectivity index (χ1v) is 10.0. The van der Waals surface area contributed by atoms with Gasteiger partial charge in [0, 0.05) is 11.4 Å². The van der Waals surface area contributed by atoms with Gasteiger partial charge < -0.3 is 29.0 Å². The monoisotopic (exact) mass is 463 g/mol. The summed E-state index contributed by atoms with van der Waals surface area (Å²) in [4.78, 5) is 36.3. The number of ether oxygens (including phenoxy) is 5. The van der Waals surface area contributed by atoms with Gasteiger partial charge in [-0.25, -0.2) is 9.59 Å². The van der Waals surface area contributed by atoms with E-state index in [0.29, 0.717) is 22.9 Å². The predicted molar refractivity (Wildman–Crippen MR) is 114 cm³/mol. The summed E-state index contributed by atoms with van der Waals surface area (Å²) in [5.41, 5.74) is 0.563. The number of hydrogen-bond acceptors (Lipinski definition) is 8. The van der Waals surface area contributed by atoms with E-state index in [-0.39, 0.29) is 29.8 Å². The highest BCUT2D eigenvalue weighted by Gasteiger charge is 2.35. The van der Waals surface area contributed by atoms with E-state index in [0.717, 1.165) is 0 Å². The fraction of sp³-hybridized carbons (Fsp3) is 0.318. The highest BCUT2D eigenvalue weighted by atomic mass is 35.5. The Kier molecular flexibility index (Phi) is 7.42. The van der Waals surface area contributed by atoms with Crippen LogP contribution in [0.1, 0.15) is 23.7 Å². The van der Waals surface area contributed by atoms with Crippen molar-refractivity contribution in [2.24, 2.45) is 0 Å². The second kappa shape index (κ2) is 10.2. The summed E-state index contributed by atoms with van der Waals surface area (Å²) in [6, 6.07) is 9.14. The third-order valence-electron chi connectivity index (χ3n) is 4.57. The summed E-state index contributed by atoms with van der Waals surface area (Å²) in [6.07, 6.45) is -0.940. The first kappa shape index (κ1) is 23.2. The average Bonchev–Trinajstić information content (AvgIpc) is 3.08. The number of carbonyl (C=O) groups excluding carboxylic acids is 3. The summed E-state index contributed by atoms with van der Waals surface area (Å²) in [5, 5.41) is 3.09. The van der Waals surface area contributed by atoms with Gasteiger partial charge in [0.05, 0.1) is 25.5 Å². The molecule has 0 spiro atoms. The first-order valence-electron chi connectivity index (χ1n) is 9.66. The van der Waals surface area contributed by atoms with Gasteiger partial charge in [-0.15, -0.1) is 0 Å². The van der Waals surface area contributed by atoms with Gasteiger partial charge in [0.25, 0.3) is 5.91 Å². The minimum absolute atomic E-state index is 0.162. The topological polar surface area (TPSA) is 109 Å². The number of anilines is 1. The van der Waals surface area contributed by atoms with Crippen LogP contribution in [0, 0.1) is 0 Å². The van der Waals surface area contributed by atoms with E-state index < -0.39 is 23.9 Å². The molecule has 2 unspecified atom stereocenters. The summed E-state index contributed by atoms with van der Waals surface area (Å²) < 4.78 is 26.2. The van der Waals surface area contributed by atoms with Gasteiger partial charge in [-0.1, -0.05) is 11.6 Å². The minimum atomic E-state index is -0.938. The molecule has 2 aromatic rings. The number of amides is 1. The second-order valence-corrected chi connectivity index (χ2v) is 7.36. The lowest BCUT2D eigenvalue weighted by atomic mass is 10.2. The highest BCUT2D eigenvalue weighted by Crippen LogP contribution is 2.30. The maximum Gasteiger partial charge on any atom is 0.347 e. The Morgan fingerprint density at radius 2 is 1.81 bits per heavy atom. The lowest BCUT2D eigenvalue weighted by molar-refractivity contribution is -0.147. The van der Waals surface area contributed by atoms with Crippen LogP contribution in [0.4, 0.5) is 5.69 Å². The van der Waals surface area contributed by atoms with E-state index in [1.165, 1.54) is 32.4 Å². The van der Waals surface area contributed by atoms with E-state index in [9.17, 15) is 14.4 Å². The Morgan fingerprint density at radius 1 is 1.09 bits per heavy atom. The Morgan fingerprint density at radius 3 is 2.47 bits per heavy atom. The van der Waals surface area contributed by atoms with Gasteiger partial charge in [0.2, 0.25) is 6.10 Å². The van der Waals surface area contributed by atoms with Crippen molar-refractivity contribution in [3.63, 3.8) is 0 Å². The largest absolute Gasteiger partial charge is 0.495 e. The smallest absolute Gasteiger partial charge is 0.347 e. The normalized spacial score (nSPS) is 17.3. The van der Waals surface area contributed by atoms with Crippen LogP contribution in [0.3, 0.4) is 0 Å². The van der Waals surface area contributed by atoms with Crippen molar-refractivity contribution in [1.29, 1.82) is 0 Å². The minimum Gasteiger partial charge on any atom is -0.495 e. The number of hydrogen-bond donors (Lipinski definition) is 1. The summed E-state index contributed by atoms with van der Waals surface area (Å²) in [6.45, 7) is 1.39. The van der Waals surface area contributed by atoms with Crippen LogP contribution in [0.25, 0.3) is 0 Å². The van der Waals surface area contributed by atoms with Crippen LogP contribution in [-0.4, -0.2) is 50.9 Å². The predicted octanol–water partition coefficient (Wildman–Crippen LogP) is 3.24. The molecule has 0 aliphatic carbocycles. The molecule has 1 heterocycles. The van der Waals surface area contributed by atoms with Gasteiger partial charge in [-0.2, -0.15) is 0 Å². The lowest BCUT2D eigenvalue weighted by Gasteiger charge is -2.14. The maximum atomic E-state index is 12.4. The molecule has 1 saturated heterocycles. The fourth-order valence-corrected chi connectivity index (χ4v) is 3.21. The molecule has 1 amide bonds. The van der Waals surface area contributed by atoms with Crippen molar-refractivity contribution >= 4 is 35.1 Å². The van der Waals surface area contributed by atoms with Crippen molar-refractivity contribution in [2.75, 3.05) is 26.1 Å². The molecular formula is C22H22ClNO8. The van der Waals surface area contributed by atoms with Crippen molar-refractivity contribution in [1.82, 2.24) is 0 Å². The number of halogens is 1. The standard InChI is InChI=1S/C22H22ClNO8/c1-12-8-19(22(27)31-12)32-21(26)13-4-6-17(18(9-13)29-3)30-11-20(25)24-15-10-14(23)5-7-16(15)28-2/h4-7,9-10,12,19H,8,11H2,1-3H3,(H,24,25). The van der Waals surface area contributed by atoms with E-state index in [1.807, 2.05) is 0 Å². The number of rotatable bonds is 8. The van der Waals surface area contributed by atoms with Crippen LogP contribution in [0.5, 0.6) is 17.2 Å². The number of benzene rings is 2. The summed E-state index contributed by atoms with van der Waals surface area (Å²) >= 11 is 5.96. The van der Waals surface area contributed by atoms with E-state index >= 15 is 0 Å². The number of methoxy groups -OCH3 is 2. The van der Waals surface area contributed by atoms with Crippen LogP contribution in [0.2, 0.25) is 5.02 Å². The van der Waals surface area contributed by atoms with Crippen molar-refractivity contribution in [3.05, 3.63) is 47.0 Å². The van der Waals surface area contributed by atoms with Gasteiger partial charge in [-0.05, 0) is 43.3 Å². The molecule has 0 aromatic heterocycles. The Hall–Kier alpha value is -3.46. The van der Waals surface area contributed by atoms with Crippen LogP contribution in [-0.2, 0) is 19.1 Å². The number of nitrogens with one attached hydrogen (secondary N) is 1. The zero-order valence-corrected chi connectivity index (χ0v) is 18.4. The highest BCUT2D eigenvalue weighted by molar-refractivity contribution is 6.31. The molecule has 0 radical (unpaired) electrons. The molecule has 2 aromatic carbocycles. The Bertz CT molecular complexity index is 1020. The van der Waals surface area contributed by atoms with Crippen LogP contribution < -0.4 is 19.5 Å². The summed E-state index contributed by atoms with van der Waals surface area (Å²) in [7, 11) is 2.87. The van der Waals surface area contributed by atoms with E-state index in [4.69, 9.17) is 35.3 Å². The molecule has 3 rings (SSSR count). The van der Waals surface area contributed by atoms with Crippen molar-refractivity contribution in [2.45, 2.75) is 25.6 Å². The molecule has 10 heteroatoms. The number of cyclic esters (lactones) is 1. The maximum absolute atomic E-state index is 12.4. The third-order valence-corrected chi connectivity index (χ3v) is 4.80. The SMILES string of the molecule is COc1ccc(Cl)cc1NC(=O)COc1ccc(C(=O)OC2CC(C)OC2=O)cc1OC. The number of esters is 2. The molecule has 0 saturated carbocycles.